The molecule has 0 N–H and O–H groups in total. The van der Waals surface area contributed by atoms with E-state index in [9.17, 15) is 8.42 Å². The summed E-state index contributed by atoms with van der Waals surface area (Å²) in [6, 6.07) is 17.6. The Balaban J connectivity index is 2.51. The van der Waals surface area contributed by atoms with Gasteiger partial charge in [-0.1, -0.05) is 42.5 Å². The summed E-state index contributed by atoms with van der Waals surface area (Å²) < 4.78 is 21.6. The van der Waals surface area contributed by atoms with Gasteiger partial charge in [0, 0.05) is 6.07 Å². The van der Waals surface area contributed by atoms with E-state index >= 15 is 0 Å². The Morgan fingerprint density at radius 1 is 0.867 bits per heavy atom. The summed E-state index contributed by atoms with van der Waals surface area (Å²) in [5.41, 5.74) is 1.77. The van der Waals surface area contributed by atoms with Crippen LogP contribution in [0.25, 0.3) is 11.1 Å². The van der Waals surface area contributed by atoms with Gasteiger partial charge in [0.1, 0.15) is 0 Å². The first-order chi connectivity index (χ1) is 7.27. The quantitative estimate of drug-likeness (QED) is 0.782. The predicted molar refractivity (Wildman–Crippen MR) is 59.3 cm³/mol. The largest absolute Gasteiger partial charge is 0.227 e. The predicted octanol–water partition coefficient (Wildman–Crippen LogP) is 2.12. The molecule has 2 nitrogen and oxygen atoms in total. The minimum Gasteiger partial charge on any atom is -0.227 e. The highest BCUT2D eigenvalue weighted by Crippen LogP contribution is 2.19. The zero-order valence-electron chi connectivity index (χ0n) is 7.88. The van der Waals surface area contributed by atoms with E-state index in [1.165, 1.54) is 6.07 Å². The molecule has 0 aliphatic rings. The van der Waals surface area contributed by atoms with Gasteiger partial charge < -0.3 is 0 Å². The van der Waals surface area contributed by atoms with Crippen molar-refractivity contribution in [1.29, 1.82) is 0 Å². The van der Waals surface area contributed by atoms with Gasteiger partial charge in [0.2, 0.25) is 0 Å². The van der Waals surface area contributed by atoms with Crippen LogP contribution in [0.2, 0.25) is 0 Å². The van der Waals surface area contributed by atoms with Gasteiger partial charge in [-0.15, -0.1) is 0 Å². The van der Waals surface area contributed by atoms with Crippen molar-refractivity contribution in [2.75, 3.05) is 0 Å². The molecule has 0 bridgehead atoms. The monoisotopic (exact) mass is 217 g/mol. The summed E-state index contributed by atoms with van der Waals surface area (Å²) in [7, 11) is -2.56. The van der Waals surface area contributed by atoms with Crippen molar-refractivity contribution in [3.8, 4) is 11.1 Å². The van der Waals surface area contributed by atoms with Gasteiger partial charge in [-0.3, -0.25) is 0 Å². The van der Waals surface area contributed by atoms with Crippen LogP contribution in [0.3, 0.4) is 0 Å². The second kappa shape index (κ2) is 4.28. The third kappa shape index (κ3) is 2.25. The molecule has 0 aromatic heterocycles. The number of thiol groups is 1. The third-order valence-corrected chi connectivity index (χ3v) is 2.72. The normalized spacial score (nSPS) is 10.5. The van der Waals surface area contributed by atoms with Crippen LogP contribution in [0, 0.1) is 6.07 Å². The molecule has 0 aliphatic heterocycles. The van der Waals surface area contributed by atoms with Gasteiger partial charge >= 0.3 is 0 Å². The molecule has 2 rings (SSSR count). The fraction of sp³-hybridized carbons (Fsp3) is 0. The number of rotatable bonds is 2. The average Bonchev–Trinajstić information content (AvgIpc) is 2.30. The smallest absolute Gasteiger partial charge is 0.168 e. The molecule has 0 heterocycles. The van der Waals surface area contributed by atoms with Crippen LogP contribution in [0.5, 0.6) is 0 Å². The topological polar surface area (TPSA) is 34.1 Å². The van der Waals surface area contributed by atoms with E-state index in [1.807, 2.05) is 36.4 Å². The number of hydrogen-bond donors (Lipinski definition) is 1. The first-order valence-corrected chi connectivity index (χ1v) is 5.67. The van der Waals surface area contributed by atoms with Crippen molar-refractivity contribution in [2.45, 2.75) is 4.90 Å². The lowest BCUT2D eigenvalue weighted by Gasteiger charge is -2.00. The lowest BCUT2D eigenvalue weighted by Crippen LogP contribution is -1.83. The zero-order chi connectivity index (χ0) is 10.7. The second-order valence-electron chi connectivity index (χ2n) is 3.07. The zero-order valence-corrected chi connectivity index (χ0v) is 8.78. The molecule has 0 unspecified atom stereocenters. The van der Waals surface area contributed by atoms with E-state index in [1.54, 1.807) is 6.07 Å². The highest BCUT2D eigenvalue weighted by molar-refractivity contribution is 7.72. The third-order valence-electron chi connectivity index (χ3n) is 2.06. The van der Waals surface area contributed by atoms with E-state index in [2.05, 4.69) is 6.07 Å². The summed E-state index contributed by atoms with van der Waals surface area (Å²) in [6.07, 6.45) is 0. The molecule has 0 atom stereocenters. The lowest BCUT2D eigenvalue weighted by molar-refractivity contribution is 0.614. The summed E-state index contributed by atoms with van der Waals surface area (Å²) in [5.74, 6) is 0. The maximum Gasteiger partial charge on any atom is 0.168 e. The minimum absolute atomic E-state index is 0.228. The van der Waals surface area contributed by atoms with E-state index in [0.29, 0.717) is 0 Å². The second-order valence-corrected chi connectivity index (χ2v) is 4.07. The molecule has 0 spiro atoms. The highest BCUT2D eigenvalue weighted by atomic mass is 32.2. The maximum absolute atomic E-state index is 10.8. The molecule has 75 valence electrons. The van der Waals surface area contributed by atoms with Crippen molar-refractivity contribution in [2.24, 2.45) is 0 Å². The SMILES string of the molecule is O=[SH](=O)c1[c]c(-c2ccccc2)ccc1. The Morgan fingerprint density at radius 3 is 2.27 bits per heavy atom. The van der Waals surface area contributed by atoms with Gasteiger partial charge in [0.05, 0.1) is 4.90 Å². The molecule has 2 aromatic rings. The summed E-state index contributed by atoms with van der Waals surface area (Å²) in [6.45, 7) is 0. The Morgan fingerprint density at radius 2 is 1.60 bits per heavy atom. The van der Waals surface area contributed by atoms with Gasteiger partial charge in [-0.2, -0.15) is 0 Å². The fourth-order valence-corrected chi connectivity index (χ4v) is 1.77. The molecule has 3 heteroatoms. The molecule has 0 aliphatic carbocycles. The van der Waals surface area contributed by atoms with Crippen LogP contribution in [-0.4, -0.2) is 8.42 Å². The molecular weight excluding hydrogens is 208 g/mol. The van der Waals surface area contributed by atoms with Gasteiger partial charge in [0.25, 0.3) is 0 Å². The van der Waals surface area contributed by atoms with Crippen molar-refractivity contribution in [3.63, 3.8) is 0 Å². The summed E-state index contributed by atoms with van der Waals surface area (Å²) in [5, 5.41) is 0. The van der Waals surface area contributed by atoms with Crippen LogP contribution in [-0.2, 0) is 10.7 Å². The number of hydrogen-bond acceptors (Lipinski definition) is 2. The molecule has 0 fully saturated rings. The Bertz CT molecular complexity index is 522. The van der Waals surface area contributed by atoms with E-state index in [0.717, 1.165) is 11.1 Å². The van der Waals surface area contributed by atoms with Crippen molar-refractivity contribution in [1.82, 2.24) is 0 Å². The molecular formula is C12H9O2S. The van der Waals surface area contributed by atoms with Crippen LogP contribution in [0.4, 0.5) is 0 Å². The fourth-order valence-electron chi connectivity index (χ4n) is 1.35. The molecule has 2 aromatic carbocycles. The van der Waals surface area contributed by atoms with Gasteiger partial charge in [-0.05, 0) is 17.2 Å². The molecule has 1 radical (unpaired) electrons. The first-order valence-electron chi connectivity index (χ1n) is 4.49. The van der Waals surface area contributed by atoms with Crippen LogP contribution in [0.15, 0.2) is 53.4 Å². The Hall–Kier alpha value is -1.61. The Labute approximate surface area is 90.1 Å². The van der Waals surface area contributed by atoms with Crippen molar-refractivity contribution >= 4 is 10.7 Å². The van der Waals surface area contributed by atoms with Crippen molar-refractivity contribution in [3.05, 3.63) is 54.6 Å². The molecule has 0 saturated carbocycles. The first kappa shape index (κ1) is 9.93. The highest BCUT2D eigenvalue weighted by Gasteiger charge is 2.00. The Kier molecular flexibility index (Phi) is 2.83. The maximum atomic E-state index is 10.8. The molecule has 0 amide bonds. The van der Waals surface area contributed by atoms with Crippen LogP contribution in [0.1, 0.15) is 0 Å². The lowest BCUT2D eigenvalue weighted by atomic mass is 10.1. The minimum atomic E-state index is -2.56. The summed E-state index contributed by atoms with van der Waals surface area (Å²) >= 11 is 0. The summed E-state index contributed by atoms with van der Waals surface area (Å²) in [4.78, 5) is 0.228. The average molecular weight is 217 g/mol. The molecule has 0 saturated heterocycles. The molecule has 15 heavy (non-hydrogen) atoms. The standard InChI is InChI=1S/C12H9O2S/c13-15(14)12-8-4-7-11(9-12)10-5-2-1-3-6-10/h1-8,15H. The van der Waals surface area contributed by atoms with E-state index < -0.39 is 10.7 Å². The van der Waals surface area contributed by atoms with E-state index in [-0.39, 0.29) is 4.90 Å². The van der Waals surface area contributed by atoms with Gasteiger partial charge in [-0.25, -0.2) is 8.42 Å². The van der Waals surface area contributed by atoms with Crippen LogP contribution >= 0.6 is 0 Å². The van der Waals surface area contributed by atoms with Gasteiger partial charge in [0.15, 0.2) is 10.7 Å². The van der Waals surface area contributed by atoms with Crippen molar-refractivity contribution < 1.29 is 8.42 Å². The van der Waals surface area contributed by atoms with E-state index in [4.69, 9.17) is 0 Å². The van der Waals surface area contributed by atoms with Crippen LogP contribution < -0.4 is 0 Å². The number of benzene rings is 2.